The number of aromatic nitrogens is 4. The van der Waals surface area contributed by atoms with Gasteiger partial charge in [-0.15, -0.1) is 0 Å². The number of nitrogens with two attached hydrogens (primary N) is 2. The van der Waals surface area contributed by atoms with Crippen LogP contribution in [0.15, 0.2) is 18.6 Å². The molecule has 0 aliphatic heterocycles. The molecule has 13 heavy (non-hydrogen) atoms. The lowest BCUT2D eigenvalue weighted by Gasteiger charge is -2.02. The van der Waals surface area contributed by atoms with Crippen LogP contribution < -0.4 is 11.5 Å². The summed E-state index contributed by atoms with van der Waals surface area (Å²) in [6.45, 7) is 0. The van der Waals surface area contributed by atoms with Crippen molar-refractivity contribution in [1.29, 1.82) is 0 Å². The minimum atomic E-state index is -0.675. The predicted octanol–water partition coefficient (Wildman–Crippen LogP) is -0.664. The average Bonchev–Trinajstić information content (AvgIpc) is 2.17. The Morgan fingerprint density at radius 1 is 1.08 bits per heavy atom. The largest absolute Gasteiger partial charge is 0.310 e. The fourth-order valence-corrected chi connectivity index (χ4v) is 0.944. The highest BCUT2D eigenvalue weighted by molar-refractivity contribution is 5.67. The summed E-state index contributed by atoms with van der Waals surface area (Å²) in [7, 11) is 0. The minimum Gasteiger partial charge on any atom is -0.310 e. The van der Waals surface area contributed by atoms with Crippen LogP contribution in [0.1, 0.15) is 12.0 Å². The Hall–Kier alpha value is -1.66. The smallest absolute Gasteiger partial charge is 0.181 e. The second kappa shape index (κ2) is 3.00. The summed E-state index contributed by atoms with van der Waals surface area (Å²) >= 11 is 0. The molecule has 2 aromatic rings. The van der Waals surface area contributed by atoms with Gasteiger partial charge in [-0.05, 0) is 0 Å². The topological polar surface area (TPSA) is 104 Å². The van der Waals surface area contributed by atoms with Crippen molar-refractivity contribution in [3.8, 4) is 0 Å². The van der Waals surface area contributed by atoms with E-state index in [1.165, 1.54) is 0 Å². The van der Waals surface area contributed by atoms with Gasteiger partial charge in [0.2, 0.25) is 0 Å². The van der Waals surface area contributed by atoms with Gasteiger partial charge in [0.05, 0.1) is 6.20 Å². The third-order valence-corrected chi connectivity index (χ3v) is 1.54. The summed E-state index contributed by atoms with van der Waals surface area (Å²) in [5.74, 6) is 0.369. The Labute approximate surface area is 74.0 Å². The van der Waals surface area contributed by atoms with E-state index in [-0.39, 0.29) is 0 Å². The van der Waals surface area contributed by atoms with E-state index in [0.717, 1.165) is 0 Å². The Bertz CT molecular complexity index is 426. The molecule has 6 nitrogen and oxygen atoms in total. The normalized spacial score (nSPS) is 11.0. The summed E-state index contributed by atoms with van der Waals surface area (Å²) in [6.07, 6.45) is 4.01. The Kier molecular flexibility index (Phi) is 1.84. The second-order valence-electron chi connectivity index (χ2n) is 2.52. The first-order valence-corrected chi connectivity index (χ1v) is 3.72. The number of hydrogen-bond acceptors (Lipinski definition) is 6. The molecule has 0 saturated heterocycles. The van der Waals surface area contributed by atoms with E-state index in [0.29, 0.717) is 17.0 Å². The van der Waals surface area contributed by atoms with Gasteiger partial charge in [0.15, 0.2) is 11.5 Å². The summed E-state index contributed by atoms with van der Waals surface area (Å²) in [5, 5.41) is 0. The van der Waals surface area contributed by atoms with Crippen LogP contribution in [0.3, 0.4) is 0 Å². The molecule has 0 atom stereocenters. The van der Waals surface area contributed by atoms with E-state index >= 15 is 0 Å². The summed E-state index contributed by atoms with van der Waals surface area (Å²) < 4.78 is 0. The molecule has 0 fully saturated rings. The fraction of sp³-hybridized carbons (Fsp3) is 0.143. The fourth-order valence-electron chi connectivity index (χ4n) is 0.944. The molecule has 0 saturated carbocycles. The monoisotopic (exact) mass is 176 g/mol. The number of fused-ring (bicyclic) bond motifs is 1. The van der Waals surface area contributed by atoms with Crippen molar-refractivity contribution in [3.63, 3.8) is 0 Å². The Morgan fingerprint density at radius 3 is 2.62 bits per heavy atom. The van der Waals surface area contributed by atoms with Crippen molar-refractivity contribution >= 4 is 11.2 Å². The molecule has 0 radical (unpaired) electrons. The lowest BCUT2D eigenvalue weighted by Crippen LogP contribution is -2.22. The SMILES string of the molecule is NC(N)c1ncc2nccnc2n1. The van der Waals surface area contributed by atoms with Crippen molar-refractivity contribution < 1.29 is 0 Å². The van der Waals surface area contributed by atoms with E-state index in [9.17, 15) is 0 Å². The van der Waals surface area contributed by atoms with Crippen molar-refractivity contribution in [1.82, 2.24) is 19.9 Å². The highest BCUT2D eigenvalue weighted by Crippen LogP contribution is 2.04. The van der Waals surface area contributed by atoms with Crippen LogP contribution in [-0.4, -0.2) is 19.9 Å². The quantitative estimate of drug-likeness (QED) is 0.559. The van der Waals surface area contributed by atoms with Crippen molar-refractivity contribution in [3.05, 3.63) is 24.4 Å². The van der Waals surface area contributed by atoms with Gasteiger partial charge in [0, 0.05) is 12.4 Å². The summed E-state index contributed by atoms with van der Waals surface area (Å²) in [5.41, 5.74) is 12.0. The van der Waals surface area contributed by atoms with Crippen LogP contribution >= 0.6 is 0 Å². The van der Waals surface area contributed by atoms with Crippen molar-refractivity contribution in [2.45, 2.75) is 6.17 Å². The third-order valence-electron chi connectivity index (χ3n) is 1.54. The maximum atomic E-state index is 5.41. The van der Waals surface area contributed by atoms with E-state index in [1.54, 1.807) is 18.6 Å². The molecular formula is C7H8N6. The van der Waals surface area contributed by atoms with Crippen LogP contribution in [0.2, 0.25) is 0 Å². The summed E-state index contributed by atoms with van der Waals surface area (Å²) in [4.78, 5) is 16.0. The van der Waals surface area contributed by atoms with Gasteiger partial charge < -0.3 is 11.5 Å². The van der Waals surface area contributed by atoms with E-state index in [1.807, 2.05) is 0 Å². The molecule has 0 aliphatic rings. The van der Waals surface area contributed by atoms with E-state index in [2.05, 4.69) is 19.9 Å². The molecule has 0 aromatic carbocycles. The number of hydrogen-bond donors (Lipinski definition) is 2. The highest BCUT2D eigenvalue weighted by Gasteiger charge is 2.04. The molecule has 0 bridgehead atoms. The molecule has 0 unspecified atom stereocenters. The predicted molar refractivity (Wildman–Crippen MR) is 46.2 cm³/mol. The van der Waals surface area contributed by atoms with Crippen molar-refractivity contribution in [2.24, 2.45) is 11.5 Å². The Balaban J connectivity index is 2.62. The van der Waals surface area contributed by atoms with Gasteiger partial charge in [0.1, 0.15) is 11.7 Å². The van der Waals surface area contributed by atoms with Crippen LogP contribution in [0.5, 0.6) is 0 Å². The van der Waals surface area contributed by atoms with E-state index in [4.69, 9.17) is 11.5 Å². The van der Waals surface area contributed by atoms with Crippen LogP contribution in [0.4, 0.5) is 0 Å². The van der Waals surface area contributed by atoms with Gasteiger partial charge >= 0.3 is 0 Å². The lowest BCUT2D eigenvalue weighted by atomic mass is 10.4. The maximum Gasteiger partial charge on any atom is 0.181 e. The van der Waals surface area contributed by atoms with Gasteiger partial charge in [-0.1, -0.05) is 0 Å². The zero-order valence-corrected chi connectivity index (χ0v) is 6.75. The second-order valence-corrected chi connectivity index (χ2v) is 2.52. The van der Waals surface area contributed by atoms with Gasteiger partial charge in [-0.25, -0.2) is 19.9 Å². The van der Waals surface area contributed by atoms with Crippen LogP contribution in [0.25, 0.3) is 11.2 Å². The maximum absolute atomic E-state index is 5.41. The first-order valence-electron chi connectivity index (χ1n) is 3.72. The molecule has 0 aliphatic carbocycles. The molecular weight excluding hydrogens is 168 g/mol. The van der Waals surface area contributed by atoms with Crippen molar-refractivity contribution in [2.75, 3.05) is 0 Å². The van der Waals surface area contributed by atoms with E-state index < -0.39 is 6.17 Å². The molecule has 2 heterocycles. The zero-order valence-electron chi connectivity index (χ0n) is 6.75. The lowest BCUT2D eigenvalue weighted by molar-refractivity contribution is 0.709. The molecule has 2 aromatic heterocycles. The molecule has 6 heteroatoms. The van der Waals surface area contributed by atoms with Gasteiger partial charge in [-0.2, -0.15) is 0 Å². The molecule has 0 amide bonds. The highest BCUT2D eigenvalue weighted by atomic mass is 15.0. The average molecular weight is 176 g/mol. The Morgan fingerprint density at radius 2 is 1.85 bits per heavy atom. The van der Waals surface area contributed by atoms with Crippen LogP contribution in [-0.2, 0) is 0 Å². The molecule has 0 spiro atoms. The first-order chi connectivity index (χ1) is 6.27. The standard InChI is InChI=1S/C7H8N6/c8-5(9)7-12-3-4-6(13-7)11-2-1-10-4/h1-3,5H,8-9H2. The number of rotatable bonds is 1. The third kappa shape index (κ3) is 1.44. The number of nitrogens with zero attached hydrogens (tertiary/aromatic N) is 4. The van der Waals surface area contributed by atoms with Gasteiger partial charge in [0.25, 0.3) is 0 Å². The zero-order chi connectivity index (χ0) is 9.26. The van der Waals surface area contributed by atoms with Gasteiger partial charge in [-0.3, -0.25) is 0 Å². The molecule has 2 rings (SSSR count). The molecule has 4 N–H and O–H groups in total. The first kappa shape index (κ1) is 7.96. The molecule has 66 valence electrons. The minimum absolute atomic E-state index is 0.369. The van der Waals surface area contributed by atoms with Crippen LogP contribution in [0, 0.1) is 0 Å². The summed E-state index contributed by atoms with van der Waals surface area (Å²) in [6, 6.07) is 0.